The van der Waals surface area contributed by atoms with Crippen molar-refractivity contribution in [2.75, 3.05) is 13.2 Å². The highest BCUT2D eigenvalue weighted by Gasteiger charge is 2.19. The predicted molar refractivity (Wildman–Crippen MR) is 125 cm³/mol. The second-order valence-corrected chi connectivity index (χ2v) is 11.1. The number of nitrogens with one attached hydrogen (secondary N) is 1. The summed E-state index contributed by atoms with van der Waals surface area (Å²) in [5.74, 6) is 0.950. The monoisotopic (exact) mass is 428 g/mol. The third-order valence-corrected chi connectivity index (χ3v) is 6.52. The van der Waals surface area contributed by atoms with Gasteiger partial charge in [0, 0.05) is 44.4 Å². The minimum Gasteiger partial charge on any atom is -0.492 e. The molecule has 5 heteroatoms. The van der Waals surface area contributed by atoms with Crippen LogP contribution in [0.15, 0.2) is 53.6 Å². The number of ether oxygens (including phenoxy) is 1. The number of hydrogen-bond acceptors (Lipinski definition) is 3. The van der Waals surface area contributed by atoms with Gasteiger partial charge in [0.1, 0.15) is 12.4 Å². The molecule has 0 bridgehead atoms. The summed E-state index contributed by atoms with van der Waals surface area (Å²) in [7, 11) is 0. The summed E-state index contributed by atoms with van der Waals surface area (Å²) in [6.45, 7) is 9.43. The fourth-order valence-electron chi connectivity index (χ4n) is 3.76. The molecule has 1 N–H and O–H groups in total. The molecule has 1 aliphatic rings. The Hall–Kier alpha value is -1.62. The van der Waals surface area contributed by atoms with Gasteiger partial charge in [0.15, 0.2) is 0 Å². The van der Waals surface area contributed by atoms with Gasteiger partial charge in [-0.05, 0) is 55.3 Å². The number of aromatic nitrogens is 1. The van der Waals surface area contributed by atoms with Gasteiger partial charge in [-0.2, -0.15) is 0 Å². The van der Waals surface area contributed by atoms with Gasteiger partial charge < -0.3 is 14.6 Å². The molecule has 0 radical (unpaired) electrons. The molecular formula is C24H29ClN2OS. The summed E-state index contributed by atoms with van der Waals surface area (Å²) >= 11 is 7.96. The highest BCUT2D eigenvalue weighted by atomic mass is 35.5. The largest absolute Gasteiger partial charge is 0.492 e. The molecule has 4 rings (SSSR count). The topological polar surface area (TPSA) is 26.2 Å². The van der Waals surface area contributed by atoms with Gasteiger partial charge in [-0.3, -0.25) is 0 Å². The van der Waals surface area contributed by atoms with Gasteiger partial charge in [0.25, 0.3) is 0 Å². The van der Waals surface area contributed by atoms with Crippen LogP contribution in [0.5, 0.6) is 5.75 Å². The molecule has 154 valence electrons. The van der Waals surface area contributed by atoms with Crippen LogP contribution in [-0.4, -0.2) is 28.5 Å². The third-order valence-electron chi connectivity index (χ3n) is 5.11. The van der Waals surface area contributed by atoms with E-state index in [1.807, 2.05) is 23.9 Å². The average molecular weight is 429 g/mol. The number of fused-ring (bicyclic) bond motifs is 1. The van der Waals surface area contributed by atoms with Crippen LogP contribution in [0.3, 0.4) is 0 Å². The van der Waals surface area contributed by atoms with Crippen molar-refractivity contribution in [3.63, 3.8) is 0 Å². The number of benzene rings is 2. The standard InChI is InChI=1S/C24H29ClN2OS/c1-24(2,3)29-23-15-27(14-17-6-8-18(25)9-7-17)22-11-10-20(13-21(22)23)28-16-19-5-4-12-26-19/h6-11,13,15,19,26H,4-5,12,14,16H2,1-3H3/t19-/m0/s1. The van der Waals surface area contributed by atoms with E-state index >= 15 is 0 Å². The van der Waals surface area contributed by atoms with Gasteiger partial charge in [-0.15, -0.1) is 11.8 Å². The summed E-state index contributed by atoms with van der Waals surface area (Å²) in [6.07, 6.45) is 4.72. The van der Waals surface area contributed by atoms with Gasteiger partial charge >= 0.3 is 0 Å². The quantitative estimate of drug-likeness (QED) is 0.462. The van der Waals surface area contributed by atoms with Crippen LogP contribution in [0.2, 0.25) is 5.02 Å². The molecule has 1 atom stereocenters. The van der Waals surface area contributed by atoms with Crippen molar-refractivity contribution < 1.29 is 4.74 Å². The zero-order chi connectivity index (χ0) is 20.4. The molecule has 3 aromatic rings. The van der Waals surface area contributed by atoms with E-state index in [0.29, 0.717) is 6.04 Å². The molecule has 1 fully saturated rings. The number of nitrogens with zero attached hydrogens (tertiary/aromatic N) is 1. The maximum atomic E-state index is 6.13. The van der Waals surface area contributed by atoms with Crippen molar-refractivity contribution in [3.8, 4) is 5.75 Å². The maximum Gasteiger partial charge on any atom is 0.120 e. The number of thioether (sulfide) groups is 1. The number of rotatable bonds is 6. The lowest BCUT2D eigenvalue weighted by Crippen LogP contribution is -2.28. The molecule has 1 aliphatic heterocycles. The Morgan fingerprint density at radius 2 is 1.97 bits per heavy atom. The van der Waals surface area contributed by atoms with Gasteiger partial charge in [-0.25, -0.2) is 0 Å². The van der Waals surface area contributed by atoms with E-state index in [-0.39, 0.29) is 4.75 Å². The first kappa shape index (κ1) is 20.6. The van der Waals surface area contributed by atoms with E-state index in [1.165, 1.54) is 34.2 Å². The molecule has 3 nitrogen and oxygen atoms in total. The molecule has 0 saturated carbocycles. The molecule has 2 aromatic carbocycles. The van der Waals surface area contributed by atoms with Crippen molar-refractivity contribution >= 4 is 34.3 Å². The minimum atomic E-state index is 0.143. The molecule has 0 aliphatic carbocycles. The maximum absolute atomic E-state index is 6.13. The zero-order valence-electron chi connectivity index (χ0n) is 17.4. The molecule has 29 heavy (non-hydrogen) atoms. The molecular weight excluding hydrogens is 400 g/mol. The number of hydrogen-bond donors (Lipinski definition) is 1. The first-order valence-electron chi connectivity index (χ1n) is 10.3. The predicted octanol–water partition coefficient (Wildman–Crippen LogP) is 6.36. The smallest absolute Gasteiger partial charge is 0.120 e. The highest BCUT2D eigenvalue weighted by molar-refractivity contribution is 8.00. The third kappa shape index (κ3) is 5.30. The Labute approximate surface area is 182 Å². The van der Waals surface area contributed by atoms with Gasteiger partial charge in [-0.1, -0.05) is 44.5 Å². The van der Waals surface area contributed by atoms with Crippen molar-refractivity contribution in [1.82, 2.24) is 9.88 Å². The first-order chi connectivity index (χ1) is 13.9. The summed E-state index contributed by atoms with van der Waals surface area (Å²) < 4.78 is 8.60. The fourth-order valence-corrected chi connectivity index (χ4v) is 5.00. The normalized spacial score (nSPS) is 17.2. The van der Waals surface area contributed by atoms with Crippen molar-refractivity contribution in [3.05, 3.63) is 59.2 Å². The fraction of sp³-hybridized carbons (Fsp3) is 0.417. The lowest BCUT2D eigenvalue weighted by atomic mass is 10.2. The summed E-state index contributed by atoms with van der Waals surface area (Å²) in [5.41, 5.74) is 2.48. The highest BCUT2D eigenvalue weighted by Crippen LogP contribution is 2.39. The van der Waals surface area contributed by atoms with E-state index in [0.717, 1.165) is 30.5 Å². The second-order valence-electron chi connectivity index (χ2n) is 8.75. The lowest BCUT2D eigenvalue weighted by Gasteiger charge is -2.17. The van der Waals surface area contributed by atoms with Crippen molar-refractivity contribution in [2.24, 2.45) is 0 Å². The summed E-state index contributed by atoms with van der Waals surface area (Å²) in [5, 5.41) is 5.53. The van der Waals surface area contributed by atoms with E-state index in [1.54, 1.807) is 0 Å². The molecule has 0 unspecified atom stereocenters. The Balaban J connectivity index is 1.63. The Morgan fingerprint density at radius 1 is 1.17 bits per heavy atom. The first-order valence-corrected chi connectivity index (χ1v) is 11.5. The van der Waals surface area contributed by atoms with Crippen molar-refractivity contribution in [2.45, 2.75) is 55.8 Å². The Bertz CT molecular complexity index is 969. The molecule has 1 aromatic heterocycles. The van der Waals surface area contributed by atoms with E-state index in [4.69, 9.17) is 16.3 Å². The molecule has 1 saturated heterocycles. The minimum absolute atomic E-state index is 0.143. The summed E-state index contributed by atoms with van der Waals surface area (Å²) in [4.78, 5) is 1.30. The zero-order valence-corrected chi connectivity index (χ0v) is 18.9. The van der Waals surface area contributed by atoms with Crippen LogP contribution in [0.25, 0.3) is 10.9 Å². The average Bonchev–Trinajstić information content (AvgIpc) is 3.29. The van der Waals surface area contributed by atoms with E-state index in [2.05, 4.69) is 67.2 Å². The Kier molecular flexibility index (Phi) is 6.14. The number of halogens is 1. The molecule has 2 heterocycles. The van der Waals surface area contributed by atoms with Crippen molar-refractivity contribution in [1.29, 1.82) is 0 Å². The van der Waals surface area contributed by atoms with Crippen LogP contribution in [0, 0.1) is 0 Å². The van der Waals surface area contributed by atoms with Gasteiger partial charge in [0.2, 0.25) is 0 Å². The van der Waals surface area contributed by atoms with E-state index < -0.39 is 0 Å². The summed E-state index contributed by atoms with van der Waals surface area (Å²) in [6, 6.07) is 15.1. The van der Waals surface area contributed by atoms with Crippen LogP contribution >= 0.6 is 23.4 Å². The second kappa shape index (κ2) is 8.63. The van der Waals surface area contributed by atoms with Crippen LogP contribution in [0.1, 0.15) is 39.2 Å². The SMILES string of the molecule is CC(C)(C)Sc1cn(Cc2ccc(Cl)cc2)c2ccc(OC[C@@H]3CCCN3)cc12. The van der Waals surface area contributed by atoms with E-state index in [9.17, 15) is 0 Å². The Morgan fingerprint density at radius 3 is 2.66 bits per heavy atom. The van der Waals surface area contributed by atoms with Crippen LogP contribution in [-0.2, 0) is 6.54 Å². The van der Waals surface area contributed by atoms with Gasteiger partial charge in [0.05, 0.1) is 0 Å². The lowest BCUT2D eigenvalue weighted by molar-refractivity contribution is 0.277. The van der Waals surface area contributed by atoms with Crippen LogP contribution < -0.4 is 10.1 Å². The molecule has 0 spiro atoms. The molecule has 0 amide bonds. The van der Waals surface area contributed by atoms with Crippen LogP contribution in [0.4, 0.5) is 0 Å².